The predicted octanol–water partition coefficient (Wildman–Crippen LogP) is 1.41. The van der Waals surface area contributed by atoms with E-state index in [1.165, 1.54) is 0 Å². The first kappa shape index (κ1) is 16.3. The summed E-state index contributed by atoms with van der Waals surface area (Å²) in [6.45, 7) is 0.588. The molecule has 0 fully saturated rings. The van der Waals surface area contributed by atoms with E-state index in [-0.39, 0.29) is 6.61 Å². The molecule has 0 aliphatic rings. The third kappa shape index (κ3) is 6.44. The summed E-state index contributed by atoms with van der Waals surface area (Å²) in [5.74, 6) is -0.546. The molecule has 0 unspecified atom stereocenters. The van der Waals surface area contributed by atoms with E-state index < -0.39 is 17.4 Å². The molecule has 0 saturated carbocycles. The van der Waals surface area contributed by atoms with Crippen LogP contribution in [-0.2, 0) is 16.1 Å². The highest BCUT2D eigenvalue weighted by molar-refractivity contribution is 8.00. The lowest BCUT2D eigenvalue weighted by atomic mass is 10.2. The number of carboxylic acids is 1. The smallest absolute Gasteiger partial charge is 0.408 e. The van der Waals surface area contributed by atoms with Crippen molar-refractivity contribution in [2.75, 3.05) is 12.3 Å². The Hall–Kier alpha value is -1.73. The van der Waals surface area contributed by atoms with E-state index in [9.17, 15) is 9.59 Å². The molecule has 1 aromatic carbocycles. The van der Waals surface area contributed by atoms with E-state index in [2.05, 4.69) is 5.32 Å². The summed E-state index contributed by atoms with van der Waals surface area (Å²) in [6, 6.07) is 9.16. The SMILES string of the molecule is NCCCS[C@H](NC(=O)OCc1ccccc1)C(=O)O. The van der Waals surface area contributed by atoms with Gasteiger partial charge in [-0.3, -0.25) is 5.32 Å². The van der Waals surface area contributed by atoms with Crippen LogP contribution in [0.15, 0.2) is 30.3 Å². The van der Waals surface area contributed by atoms with Gasteiger partial charge in [-0.2, -0.15) is 0 Å². The average molecular weight is 298 g/mol. The zero-order chi connectivity index (χ0) is 14.8. The molecule has 0 bridgehead atoms. The molecule has 20 heavy (non-hydrogen) atoms. The number of rotatable bonds is 8. The normalized spacial score (nSPS) is 11.7. The molecule has 1 atom stereocenters. The Morgan fingerprint density at radius 2 is 2.05 bits per heavy atom. The second-order valence-electron chi connectivity index (χ2n) is 3.94. The van der Waals surface area contributed by atoms with Gasteiger partial charge < -0.3 is 15.6 Å². The zero-order valence-corrected chi connectivity index (χ0v) is 11.8. The number of amides is 1. The maximum Gasteiger partial charge on any atom is 0.408 e. The quantitative estimate of drug-likeness (QED) is 0.495. The number of benzene rings is 1. The molecule has 0 spiro atoms. The van der Waals surface area contributed by atoms with Crippen molar-refractivity contribution in [3.8, 4) is 0 Å². The monoisotopic (exact) mass is 298 g/mol. The molecule has 4 N–H and O–H groups in total. The van der Waals surface area contributed by atoms with Crippen molar-refractivity contribution in [2.24, 2.45) is 5.73 Å². The van der Waals surface area contributed by atoms with E-state index in [4.69, 9.17) is 15.6 Å². The van der Waals surface area contributed by atoms with Crippen LogP contribution in [0, 0.1) is 0 Å². The standard InChI is InChI=1S/C13H18N2O4S/c14-7-4-8-20-11(12(16)17)15-13(18)19-9-10-5-2-1-3-6-10/h1-3,5-6,11H,4,7-9,14H2,(H,15,18)(H,16,17)/t11-/m0/s1. The Labute approximate surface area is 121 Å². The largest absolute Gasteiger partial charge is 0.479 e. The average Bonchev–Trinajstić information content (AvgIpc) is 2.45. The summed E-state index contributed by atoms with van der Waals surface area (Å²) >= 11 is 1.11. The summed E-state index contributed by atoms with van der Waals surface area (Å²) in [6.07, 6.45) is -0.0589. The molecule has 110 valence electrons. The van der Waals surface area contributed by atoms with Gasteiger partial charge in [0.05, 0.1) is 0 Å². The summed E-state index contributed by atoms with van der Waals surface area (Å²) in [5, 5.41) is 10.3. The molecule has 0 radical (unpaired) electrons. The van der Waals surface area contributed by atoms with Crippen molar-refractivity contribution < 1.29 is 19.4 Å². The Kier molecular flexibility index (Phi) is 7.52. The van der Waals surface area contributed by atoms with Gasteiger partial charge in [-0.1, -0.05) is 30.3 Å². The minimum Gasteiger partial charge on any atom is -0.479 e. The first-order valence-electron chi connectivity index (χ1n) is 6.15. The van der Waals surface area contributed by atoms with Crippen molar-refractivity contribution in [1.29, 1.82) is 0 Å². The van der Waals surface area contributed by atoms with Gasteiger partial charge in [0, 0.05) is 0 Å². The molecule has 0 aliphatic heterocycles. The van der Waals surface area contributed by atoms with Crippen molar-refractivity contribution in [1.82, 2.24) is 5.32 Å². The van der Waals surface area contributed by atoms with Gasteiger partial charge in [0.1, 0.15) is 6.61 Å². The van der Waals surface area contributed by atoms with Crippen molar-refractivity contribution in [3.63, 3.8) is 0 Å². The number of carbonyl (C=O) groups excluding carboxylic acids is 1. The summed E-state index contributed by atoms with van der Waals surface area (Å²) in [5.41, 5.74) is 6.17. The van der Waals surface area contributed by atoms with Crippen LogP contribution >= 0.6 is 11.8 Å². The van der Waals surface area contributed by atoms with Gasteiger partial charge in [0.2, 0.25) is 0 Å². The third-order valence-electron chi connectivity index (χ3n) is 2.32. The Balaban J connectivity index is 2.36. The van der Waals surface area contributed by atoms with Gasteiger partial charge in [0.25, 0.3) is 0 Å². The number of nitrogens with two attached hydrogens (primary N) is 1. The van der Waals surface area contributed by atoms with Gasteiger partial charge in [-0.15, -0.1) is 11.8 Å². The molecule has 6 nitrogen and oxygen atoms in total. The lowest BCUT2D eigenvalue weighted by Crippen LogP contribution is -2.39. The number of thioether (sulfide) groups is 1. The lowest BCUT2D eigenvalue weighted by molar-refractivity contribution is -0.136. The number of hydrogen-bond acceptors (Lipinski definition) is 5. The second kappa shape index (κ2) is 9.22. The van der Waals surface area contributed by atoms with Crippen molar-refractivity contribution in [2.45, 2.75) is 18.4 Å². The number of alkyl carbamates (subject to hydrolysis) is 1. The van der Waals surface area contributed by atoms with Gasteiger partial charge in [0.15, 0.2) is 5.37 Å². The van der Waals surface area contributed by atoms with Crippen LogP contribution in [-0.4, -0.2) is 34.8 Å². The second-order valence-corrected chi connectivity index (χ2v) is 5.15. The molecule has 0 aliphatic carbocycles. The van der Waals surface area contributed by atoms with E-state index in [1.807, 2.05) is 30.3 Å². The molecular formula is C13H18N2O4S. The molecule has 0 heterocycles. The van der Waals surface area contributed by atoms with Crippen LogP contribution < -0.4 is 11.1 Å². The molecule has 0 aromatic heterocycles. The van der Waals surface area contributed by atoms with Gasteiger partial charge >= 0.3 is 12.1 Å². The van der Waals surface area contributed by atoms with Crippen molar-refractivity contribution >= 4 is 23.8 Å². The minimum atomic E-state index is -1.11. The highest BCUT2D eigenvalue weighted by Crippen LogP contribution is 2.10. The topological polar surface area (TPSA) is 102 Å². The number of carbonyl (C=O) groups is 2. The van der Waals surface area contributed by atoms with E-state index in [0.717, 1.165) is 17.3 Å². The van der Waals surface area contributed by atoms with Gasteiger partial charge in [-0.05, 0) is 24.3 Å². The van der Waals surface area contributed by atoms with Crippen LogP contribution in [0.2, 0.25) is 0 Å². The first-order valence-corrected chi connectivity index (χ1v) is 7.20. The maximum atomic E-state index is 11.5. The van der Waals surface area contributed by atoms with Crippen LogP contribution in [0.1, 0.15) is 12.0 Å². The van der Waals surface area contributed by atoms with Crippen LogP contribution in [0.25, 0.3) is 0 Å². The van der Waals surface area contributed by atoms with Gasteiger partial charge in [-0.25, -0.2) is 9.59 Å². The highest BCUT2D eigenvalue weighted by atomic mass is 32.2. The first-order chi connectivity index (χ1) is 9.63. The number of ether oxygens (including phenoxy) is 1. The summed E-state index contributed by atoms with van der Waals surface area (Å²) in [4.78, 5) is 22.5. The fraction of sp³-hybridized carbons (Fsp3) is 0.385. The molecule has 1 aromatic rings. The maximum absolute atomic E-state index is 11.5. The van der Waals surface area contributed by atoms with E-state index in [0.29, 0.717) is 18.7 Å². The Morgan fingerprint density at radius 3 is 2.65 bits per heavy atom. The molecule has 7 heteroatoms. The molecular weight excluding hydrogens is 280 g/mol. The number of aliphatic carboxylic acids is 1. The van der Waals surface area contributed by atoms with E-state index in [1.54, 1.807) is 0 Å². The predicted molar refractivity (Wildman–Crippen MR) is 77.3 cm³/mol. The van der Waals surface area contributed by atoms with E-state index >= 15 is 0 Å². The molecule has 1 rings (SSSR count). The van der Waals surface area contributed by atoms with Crippen LogP contribution in [0.4, 0.5) is 4.79 Å². The minimum absolute atomic E-state index is 0.104. The summed E-state index contributed by atoms with van der Waals surface area (Å²) < 4.78 is 4.96. The Bertz CT molecular complexity index is 428. The van der Waals surface area contributed by atoms with Crippen molar-refractivity contribution in [3.05, 3.63) is 35.9 Å². The van der Waals surface area contributed by atoms with Crippen LogP contribution in [0.3, 0.4) is 0 Å². The number of carboxylic acid groups (broad SMARTS) is 1. The summed E-state index contributed by atoms with van der Waals surface area (Å²) in [7, 11) is 0. The fourth-order valence-corrected chi connectivity index (χ4v) is 2.22. The van der Waals surface area contributed by atoms with Crippen LogP contribution in [0.5, 0.6) is 0 Å². The Morgan fingerprint density at radius 1 is 1.35 bits per heavy atom. The lowest BCUT2D eigenvalue weighted by Gasteiger charge is -2.14. The highest BCUT2D eigenvalue weighted by Gasteiger charge is 2.20. The fourth-order valence-electron chi connectivity index (χ4n) is 1.33. The third-order valence-corrected chi connectivity index (χ3v) is 3.50. The molecule has 1 amide bonds. The number of hydrogen-bond donors (Lipinski definition) is 3. The number of nitrogens with one attached hydrogen (secondary N) is 1. The zero-order valence-electron chi connectivity index (χ0n) is 11.0. The molecule has 0 saturated heterocycles.